The molecule has 2 aliphatic heterocycles. The van der Waals surface area contributed by atoms with E-state index in [2.05, 4.69) is 6.92 Å². The molecule has 0 saturated heterocycles. The molecule has 4 unspecified atom stereocenters. The average Bonchev–Trinajstić information content (AvgIpc) is 3.35. The van der Waals surface area contributed by atoms with E-state index in [0.717, 1.165) is 11.1 Å². The fourth-order valence-corrected chi connectivity index (χ4v) is 5.38. The van der Waals surface area contributed by atoms with E-state index in [1.165, 1.54) is 6.92 Å². The Morgan fingerprint density at radius 2 is 1.68 bits per heavy atom. The zero-order chi connectivity index (χ0) is 26.6. The number of aliphatic hydroxyl groups is 1. The van der Waals surface area contributed by atoms with Crippen LogP contribution in [-0.4, -0.2) is 51.4 Å². The van der Waals surface area contributed by atoms with Gasteiger partial charge < -0.3 is 38.3 Å². The van der Waals surface area contributed by atoms with Crippen molar-refractivity contribution in [2.24, 2.45) is 17.8 Å². The second-order valence-electron chi connectivity index (χ2n) is 10.3. The van der Waals surface area contributed by atoms with Gasteiger partial charge >= 0.3 is 5.97 Å². The largest absolute Gasteiger partial charge is 0.493 e. The van der Waals surface area contributed by atoms with E-state index in [-0.39, 0.29) is 25.2 Å². The summed E-state index contributed by atoms with van der Waals surface area (Å²) in [5.41, 5.74) is 1.27. The van der Waals surface area contributed by atoms with Gasteiger partial charge in [0.25, 0.3) is 0 Å². The molecule has 5 rings (SSSR count). The number of hydrogen-bond donors (Lipinski definition) is 1. The number of esters is 1. The van der Waals surface area contributed by atoms with Gasteiger partial charge in [-0.05, 0) is 37.0 Å². The molecule has 0 saturated carbocycles. The van der Waals surface area contributed by atoms with Gasteiger partial charge in [-0.25, -0.2) is 4.79 Å². The summed E-state index contributed by atoms with van der Waals surface area (Å²) in [6.45, 7) is 7.47. The van der Waals surface area contributed by atoms with Gasteiger partial charge in [-0.15, -0.1) is 0 Å². The van der Waals surface area contributed by atoms with E-state index in [4.69, 9.17) is 33.2 Å². The van der Waals surface area contributed by atoms with Crippen molar-refractivity contribution >= 4 is 5.97 Å². The van der Waals surface area contributed by atoms with Crippen LogP contribution in [0.4, 0.5) is 0 Å². The fraction of sp³-hybridized carbons (Fsp3) is 0.536. The molecule has 0 aromatic heterocycles. The van der Waals surface area contributed by atoms with Crippen LogP contribution in [-0.2, 0) is 16.0 Å². The standard InChI is InChI=1S/C28H34O9/c1-13-8-16-9-19-24(36-12-35-19)26-20(16)21-17(10-18(31-5)23(32-6)25(21)33-7)22(15(13)3)37-27(29)28(4,30)14(2)11-34-26/h9-10,13-15,22,30H,8,11-12H2,1-7H3/t13?,14?,15?,22?,28-/m1/s1. The highest BCUT2D eigenvalue weighted by atomic mass is 16.7. The zero-order valence-corrected chi connectivity index (χ0v) is 22.3. The van der Waals surface area contributed by atoms with Crippen molar-refractivity contribution in [1.82, 2.24) is 0 Å². The van der Waals surface area contributed by atoms with E-state index in [1.807, 2.05) is 19.1 Å². The van der Waals surface area contributed by atoms with Crippen molar-refractivity contribution in [2.75, 3.05) is 34.7 Å². The highest BCUT2D eigenvalue weighted by Gasteiger charge is 2.45. The maximum absolute atomic E-state index is 13.5. The SMILES string of the molecule is COc1cc2c(c(OC)c1OC)-c1c3cc4c(c1OCC(C)[C@@](C)(O)C(=O)OC2C(C)C(C)C3)OCO4. The molecule has 3 aliphatic rings. The molecule has 2 bridgehead atoms. The highest BCUT2D eigenvalue weighted by molar-refractivity contribution is 5.89. The minimum atomic E-state index is -1.79. The molecule has 1 N–H and O–H groups in total. The molecule has 37 heavy (non-hydrogen) atoms. The Morgan fingerprint density at radius 3 is 2.35 bits per heavy atom. The Bertz CT molecular complexity index is 1240. The topological polar surface area (TPSA) is 102 Å². The highest BCUT2D eigenvalue weighted by Crippen LogP contribution is 2.59. The number of fused-ring (bicyclic) bond motifs is 2. The first kappa shape index (κ1) is 25.3. The summed E-state index contributed by atoms with van der Waals surface area (Å²) < 4.78 is 41.6. The lowest BCUT2D eigenvalue weighted by atomic mass is 9.75. The molecule has 0 radical (unpaired) electrons. The number of hydrogen-bond acceptors (Lipinski definition) is 9. The van der Waals surface area contributed by atoms with Crippen LogP contribution < -0.4 is 28.4 Å². The minimum Gasteiger partial charge on any atom is -0.493 e. The summed E-state index contributed by atoms with van der Waals surface area (Å²) in [7, 11) is 4.64. The normalized spacial score (nSPS) is 28.2. The van der Waals surface area contributed by atoms with Crippen molar-refractivity contribution in [3.63, 3.8) is 0 Å². The third kappa shape index (κ3) is 3.82. The Labute approximate surface area is 216 Å². The van der Waals surface area contributed by atoms with Gasteiger partial charge in [0.05, 0.1) is 27.9 Å². The smallest absolute Gasteiger partial charge is 0.338 e. The van der Waals surface area contributed by atoms with Gasteiger partial charge in [-0.1, -0.05) is 20.8 Å². The second kappa shape index (κ2) is 9.20. The molecule has 2 aromatic rings. The third-order valence-corrected chi connectivity index (χ3v) is 8.12. The molecule has 0 amide bonds. The van der Waals surface area contributed by atoms with Crippen LogP contribution in [0, 0.1) is 17.8 Å². The van der Waals surface area contributed by atoms with Gasteiger partial charge in [-0.3, -0.25) is 0 Å². The molecule has 2 heterocycles. The minimum absolute atomic E-state index is 0.0368. The number of methoxy groups -OCH3 is 3. The first-order valence-corrected chi connectivity index (χ1v) is 12.5. The lowest BCUT2D eigenvalue weighted by Crippen LogP contribution is -2.46. The zero-order valence-electron chi connectivity index (χ0n) is 22.3. The van der Waals surface area contributed by atoms with Gasteiger partial charge in [0.15, 0.2) is 28.6 Å². The summed E-state index contributed by atoms with van der Waals surface area (Å²) in [5.74, 6) is 1.43. The maximum atomic E-state index is 13.5. The van der Waals surface area contributed by atoms with Crippen LogP contribution in [0.1, 0.15) is 44.9 Å². The lowest BCUT2D eigenvalue weighted by molar-refractivity contribution is -0.179. The summed E-state index contributed by atoms with van der Waals surface area (Å²) in [6, 6.07) is 3.80. The third-order valence-electron chi connectivity index (χ3n) is 8.12. The van der Waals surface area contributed by atoms with E-state index in [9.17, 15) is 9.90 Å². The van der Waals surface area contributed by atoms with Gasteiger partial charge in [0.1, 0.15) is 6.10 Å². The van der Waals surface area contributed by atoms with Crippen LogP contribution in [0.15, 0.2) is 12.1 Å². The number of benzene rings is 2. The fourth-order valence-electron chi connectivity index (χ4n) is 5.38. The molecule has 9 nitrogen and oxygen atoms in total. The summed E-state index contributed by atoms with van der Waals surface area (Å²) in [4.78, 5) is 13.5. The van der Waals surface area contributed by atoms with Crippen molar-refractivity contribution < 1.29 is 43.1 Å². The average molecular weight is 515 g/mol. The summed E-state index contributed by atoms with van der Waals surface area (Å²) in [6.07, 6.45) is -0.0603. The van der Waals surface area contributed by atoms with Gasteiger partial charge in [0, 0.05) is 28.5 Å². The molecule has 200 valence electrons. The number of carbonyl (C=O) groups is 1. The van der Waals surface area contributed by atoms with E-state index in [1.54, 1.807) is 28.3 Å². The van der Waals surface area contributed by atoms with Crippen LogP contribution in [0.5, 0.6) is 34.5 Å². The molecule has 0 fully saturated rings. The molecule has 0 spiro atoms. The predicted octanol–water partition coefficient (Wildman–Crippen LogP) is 4.30. The first-order chi connectivity index (χ1) is 17.6. The molecule has 1 aliphatic carbocycles. The Morgan fingerprint density at radius 1 is 0.946 bits per heavy atom. The maximum Gasteiger partial charge on any atom is 0.338 e. The van der Waals surface area contributed by atoms with Crippen LogP contribution >= 0.6 is 0 Å². The van der Waals surface area contributed by atoms with Gasteiger partial charge in [-0.2, -0.15) is 0 Å². The number of rotatable bonds is 3. The van der Waals surface area contributed by atoms with Crippen molar-refractivity contribution in [2.45, 2.75) is 45.8 Å². The summed E-state index contributed by atoms with van der Waals surface area (Å²) in [5, 5.41) is 11.3. The predicted molar refractivity (Wildman–Crippen MR) is 134 cm³/mol. The van der Waals surface area contributed by atoms with Crippen LogP contribution in [0.2, 0.25) is 0 Å². The van der Waals surface area contributed by atoms with Crippen LogP contribution in [0.25, 0.3) is 11.1 Å². The quantitative estimate of drug-likeness (QED) is 0.601. The number of ether oxygens (including phenoxy) is 7. The lowest BCUT2D eigenvalue weighted by Gasteiger charge is -2.36. The molecule has 2 aromatic carbocycles. The molecular weight excluding hydrogens is 480 g/mol. The van der Waals surface area contributed by atoms with Crippen LogP contribution in [0.3, 0.4) is 0 Å². The van der Waals surface area contributed by atoms with Crippen molar-refractivity contribution in [3.8, 4) is 45.6 Å². The summed E-state index contributed by atoms with van der Waals surface area (Å²) >= 11 is 0. The van der Waals surface area contributed by atoms with Crippen molar-refractivity contribution in [3.05, 3.63) is 23.3 Å². The second-order valence-corrected chi connectivity index (χ2v) is 10.3. The Hall–Kier alpha value is -3.33. The van der Waals surface area contributed by atoms with Gasteiger partial charge in [0.2, 0.25) is 18.3 Å². The first-order valence-electron chi connectivity index (χ1n) is 12.5. The Balaban J connectivity index is 1.95. The van der Waals surface area contributed by atoms with E-state index in [0.29, 0.717) is 52.0 Å². The molecule has 9 heteroatoms. The van der Waals surface area contributed by atoms with Crippen molar-refractivity contribution in [1.29, 1.82) is 0 Å². The molecule has 5 atom stereocenters. The van der Waals surface area contributed by atoms with E-state index < -0.39 is 23.6 Å². The Kier molecular flexibility index (Phi) is 6.30. The number of carbonyl (C=O) groups excluding carboxylic acids is 1. The molecular formula is C28H34O9. The van der Waals surface area contributed by atoms with E-state index >= 15 is 0 Å². The monoisotopic (exact) mass is 514 g/mol.